The highest BCUT2D eigenvalue weighted by molar-refractivity contribution is 6.33. The van der Waals surface area contributed by atoms with Crippen molar-refractivity contribution in [1.29, 1.82) is 0 Å². The number of hydrogen-bond acceptors (Lipinski definition) is 4. The Kier molecular flexibility index (Phi) is 5.02. The van der Waals surface area contributed by atoms with Crippen LogP contribution in [0.1, 0.15) is 36.1 Å². The predicted molar refractivity (Wildman–Crippen MR) is 110 cm³/mol. The molecule has 2 aliphatic heterocycles. The molecule has 0 bridgehead atoms. The third kappa shape index (κ3) is 3.62. The number of amides is 1. The van der Waals surface area contributed by atoms with Crippen molar-refractivity contribution in [2.75, 3.05) is 25.0 Å². The lowest BCUT2D eigenvalue weighted by Gasteiger charge is -2.41. The lowest BCUT2D eigenvalue weighted by atomic mass is 9.75. The molecule has 3 aliphatic rings. The van der Waals surface area contributed by atoms with Gasteiger partial charge in [0.1, 0.15) is 5.54 Å². The SMILES string of the molecule is O=C(Nc1ccc(C(F)(F)F)cc1Cl)C1(n2ncc3c2CN(CC2CNC2)C3)CCC1. The smallest absolute Gasteiger partial charge is 0.323 e. The van der Waals surface area contributed by atoms with E-state index in [1.54, 1.807) is 0 Å². The normalized spacial score (nSPS) is 20.8. The maximum Gasteiger partial charge on any atom is 0.416 e. The van der Waals surface area contributed by atoms with Crippen LogP contribution in [-0.4, -0.2) is 40.2 Å². The molecule has 1 amide bonds. The van der Waals surface area contributed by atoms with Crippen molar-refractivity contribution in [3.05, 3.63) is 46.2 Å². The van der Waals surface area contributed by atoms with Gasteiger partial charge >= 0.3 is 6.18 Å². The average molecular weight is 454 g/mol. The third-order valence-electron chi connectivity index (χ3n) is 6.66. The highest BCUT2D eigenvalue weighted by Gasteiger charge is 2.49. The van der Waals surface area contributed by atoms with Crippen molar-refractivity contribution in [3.8, 4) is 0 Å². The van der Waals surface area contributed by atoms with Crippen LogP contribution in [0.5, 0.6) is 0 Å². The van der Waals surface area contributed by atoms with Gasteiger partial charge in [0.2, 0.25) is 0 Å². The Hall–Kier alpha value is -2.10. The van der Waals surface area contributed by atoms with E-state index in [9.17, 15) is 18.0 Å². The third-order valence-corrected chi connectivity index (χ3v) is 6.97. The van der Waals surface area contributed by atoms with E-state index in [-0.39, 0.29) is 16.6 Å². The van der Waals surface area contributed by atoms with Gasteiger partial charge in [-0.2, -0.15) is 18.3 Å². The van der Waals surface area contributed by atoms with Crippen LogP contribution >= 0.6 is 11.6 Å². The number of benzene rings is 1. The van der Waals surface area contributed by atoms with Crippen LogP contribution in [0.25, 0.3) is 0 Å². The molecule has 5 rings (SSSR count). The average Bonchev–Trinajstić information content (AvgIpc) is 3.19. The zero-order valence-electron chi connectivity index (χ0n) is 16.8. The maximum atomic E-state index is 13.3. The van der Waals surface area contributed by atoms with Crippen molar-refractivity contribution >= 4 is 23.2 Å². The quantitative estimate of drug-likeness (QED) is 0.726. The molecule has 6 nitrogen and oxygen atoms in total. The minimum absolute atomic E-state index is 0.136. The van der Waals surface area contributed by atoms with Crippen LogP contribution in [0.3, 0.4) is 0 Å². The van der Waals surface area contributed by atoms with Gasteiger partial charge in [-0.05, 0) is 43.4 Å². The first kappa shape index (κ1) is 20.8. The molecule has 166 valence electrons. The van der Waals surface area contributed by atoms with Crippen molar-refractivity contribution in [2.45, 2.75) is 44.1 Å². The lowest BCUT2D eigenvalue weighted by Crippen LogP contribution is -2.52. The second-order valence-corrected chi connectivity index (χ2v) is 9.16. The number of alkyl halides is 3. The Labute approximate surface area is 182 Å². The molecule has 2 aromatic rings. The molecule has 0 spiro atoms. The summed E-state index contributed by atoms with van der Waals surface area (Å²) >= 11 is 6.05. The number of aromatic nitrogens is 2. The molecule has 3 heterocycles. The summed E-state index contributed by atoms with van der Waals surface area (Å²) in [4.78, 5) is 15.7. The topological polar surface area (TPSA) is 62.2 Å². The van der Waals surface area contributed by atoms with E-state index < -0.39 is 17.3 Å². The van der Waals surface area contributed by atoms with E-state index in [1.165, 1.54) is 6.07 Å². The van der Waals surface area contributed by atoms with E-state index in [4.69, 9.17) is 11.6 Å². The van der Waals surface area contributed by atoms with E-state index in [2.05, 4.69) is 20.6 Å². The Morgan fingerprint density at radius 3 is 2.65 bits per heavy atom. The fourth-order valence-corrected chi connectivity index (χ4v) is 4.86. The second kappa shape index (κ2) is 7.50. The number of anilines is 1. The fraction of sp³-hybridized carbons (Fsp3) is 0.524. The Morgan fingerprint density at radius 1 is 1.29 bits per heavy atom. The van der Waals surface area contributed by atoms with Crippen LogP contribution in [0, 0.1) is 5.92 Å². The molecule has 0 radical (unpaired) electrons. The zero-order chi connectivity index (χ0) is 21.8. The summed E-state index contributed by atoms with van der Waals surface area (Å²) in [6, 6.07) is 2.97. The molecule has 1 aromatic carbocycles. The van der Waals surface area contributed by atoms with Crippen molar-refractivity contribution in [3.63, 3.8) is 0 Å². The van der Waals surface area contributed by atoms with Gasteiger partial charge in [-0.3, -0.25) is 14.4 Å². The number of rotatable bonds is 5. The molecule has 1 aliphatic carbocycles. The van der Waals surface area contributed by atoms with E-state index >= 15 is 0 Å². The minimum Gasteiger partial charge on any atom is -0.323 e. The first-order chi connectivity index (χ1) is 14.8. The van der Waals surface area contributed by atoms with E-state index in [0.29, 0.717) is 18.8 Å². The molecule has 10 heteroatoms. The summed E-state index contributed by atoms with van der Waals surface area (Å²) in [5.74, 6) is 0.376. The standard InChI is InChI=1S/C21H23ClF3N5O/c22-16-6-15(21(23,24)25)2-3-17(16)28-19(31)20(4-1-5-20)30-18-12-29(10-13-7-26-8-13)11-14(18)9-27-30/h2-3,6,9,13,26H,1,4-5,7-8,10-12H2,(H,28,31). The van der Waals surface area contributed by atoms with Gasteiger partial charge in [0.25, 0.3) is 5.91 Å². The monoisotopic (exact) mass is 453 g/mol. The van der Waals surface area contributed by atoms with Gasteiger partial charge < -0.3 is 10.6 Å². The molecular formula is C21H23ClF3N5O. The van der Waals surface area contributed by atoms with Crippen LogP contribution in [0.4, 0.5) is 18.9 Å². The van der Waals surface area contributed by atoms with Crippen LogP contribution in [-0.2, 0) is 29.6 Å². The Bertz CT molecular complexity index is 1010. The number of nitrogens with zero attached hydrogens (tertiary/aromatic N) is 3. The molecule has 1 saturated carbocycles. The number of nitrogens with one attached hydrogen (secondary N) is 2. The Balaban J connectivity index is 1.35. The number of hydrogen-bond donors (Lipinski definition) is 2. The summed E-state index contributed by atoms with van der Waals surface area (Å²) in [6.07, 6.45) is -0.485. The van der Waals surface area contributed by atoms with Gasteiger partial charge in [-0.15, -0.1) is 0 Å². The molecule has 1 aromatic heterocycles. The van der Waals surface area contributed by atoms with Gasteiger partial charge in [0, 0.05) is 38.3 Å². The molecule has 0 unspecified atom stereocenters. The Morgan fingerprint density at radius 2 is 2.06 bits per heavy atom. The van der Waals surface area contributed by atoms with Crippen molar-refractivity contribution in [1.82, 2.24) is 20.0 Å². The summed E-state index contributed by atoms with van der Waals surface area (Å²) in [6.45, 7) is 4.68. The number of halogens is 4. The van der Waals surface area contributed by atoms with Crippen molar-refractivity contribution < 1.29 is 18.0 Å². The van der Waals surface area contributed by atoms with Crippen LogP contribution in [0.2, 0.25) is 5.02 Å². The predicted octanol–water partition coefficient (Wildman–Crippen LogP) is 3.61. The second-order valence-electron chi connectivity index (χ2n) is 8.75. The molecule has 1 saturated heterocycles. The number of carbonyl (C=O) groups is 1. The minimum atomic E-state index is -4.49. The van der Waals surface area contributed by atoms with Gasteiger partial charge in [0.05, 0.1) is 28.2 Å². The molecular weight excluding hydrogens is 431 g/mol. The van der Waals surface area contributed by atoms with E-state index in [1.807, 2.05) is 10.9 Å². The first-order valence-electron chi connectivity index (χ1n) is 10.4. The van der Waals surface area contributed by atoms with Crippen LogP contribution in [0.15, 0.2) is 24.4 Å². The molecule has 31 heavy (non-hydrogen) atoms. The van der Waals surface area contributed by atoms with Gasteiger partial charge in [-0.1, -0.05) is 11.6 Å². The molecule has 0 atom stereocenters. The molecule has 2 N–H and O–H groups in total. The summed E-state index contributed by atoms with van der Waals surface area (Å²) in [7, 11) is 0. The summed E-state index contributed by atoms with van der Waals surface area (Å²) in [5.41, 5.74) is 0.696. The van der Waals surface area contributed by atoms with Gasteiger partial charge in [-0.25, -0.2) is 0 Å². The summed E-state index contributed by atoms with van der Waals surface area (Å²) < 4.78 is 40.5. The van der Waals surface area contributed by atoms with Crippen LogP contribution < -0.4 is 10.6 Å². The first-order valence-corrected chi connectivity index (χ1v) is 10.8. The highest BCUT2D eigenvalue weighted by atomic mass is 35.5. The molecule has 2 fully saturated rings. The summed E-state index contributed by atoms with van der Waals surface area (Å²) in [5, 5.41) is 10.5. The highest BCUT2D eigenvalue weighted by Crippen LogP contribution is 2.43. The zero-order valence-corrected chi connectivity index (χ0v) is 17.6. The van der Waals surface area contributed by atoms with Crippen molar-refractivity contribution in [2.24, 2.45) is 5.92 Å². The lowest BCUT2D eigenvalue weighted by molar-refractivity contribution is -0.137. The maximum absolute atomic E-state index is 13.3. The largest absolute Gasteiger partial charge is 0.416 e. The number of fused-ring (bicyclic) bond motifs is 1. The number of carbonyl (C=O) groups excluding carboxylic acids is 1. The van der Waals surface area contributed by atoms with Gasteiger partial charge in [0.15, 0.2) is 0 Å². The van der Waals surface area contributed by atoms with E-state index in [0.717, 1.165) is 62.5 Å². The fourth-order valence-electron chi connectivity index (χ4n) is 4.64.